The van der Waals surface area contributed by atoms with Crippen LogP contribution < -0.4 is 16.2 Å². The minimum Gasteiger partial charge on any atom is -0.478 e. The van der Waals surface area contributed by atoms with E-state index in [4.69, 9.17) is 5.73 Å². The maximum atomic E-state index is 13.8. The molecule has 1 aromatic carbocycles. The van der Waals surface area contributed by atoms with Gasteiger partial charge in [0.15, 0.2) is 17.3 Å². The van der Waals surface area contributed by atoms with Gasteiger partial charge in [0.05, 0.1) is 17.4 Å². The van der Waals surface area contributed by atoms with Crippen molar-refractivity contribution in [1.29, 1.82) is 0 Å². The summed E-state index contributed by atoms with van der Waals surface area (Å²) >= 11 is 0. The number of benzene rings is 1. The third-order valence-electron chi connectivity index (χ3n) is 5.15. The van der Waals surface area contributed by atoms with Gasteiger partial charge in [-0.3, -0.25) is 34.0 Å². The van der Waals surface area contributed by atoms with E-state index >= 15 is 0 Å². The molecule has 36 heavy (non-hydrogen) atoms. The van der Waals surface area contributed by atoms with E-state index in [0.29, 0.717) is 4.90 Å². The van der Waals surface area contributed by atoms with Crippen molar-refractivity contribution in [1.82, 2.24) is 24.8 Å². The monoisotopic (exact) mass is 505 g/mol. The van der Waals surface area contributed by atoms with Crippen LogP contribution in [0.2, 0.25) is 0 Å². The SMILES string of the molecule is Nc1nc2ncc(C(N3C(=O)CCC3=O)N(C(=O)C(F)(F)F)c3ccccc3C(=O)O)nc2c(=O)[nH]1. The minimum absolute atomic E-state index is 0.0701. The second-order valence-corrected chi connectivity index (χ2v) is 7.44. The topological polar surface area (TPSA) is 193 Å². The van der Waals surface area contributed by atoms with Crippen molar-refractivity contribution in [2.45, 2.75) is 25.2 Å². The number of anilines is 2. The van der Waals surface area contributed by atoms with Gasteiger partial charge in [0.25, 0.3) is 5.56 Å². The zero-order valence-corrected chi connectivity index (χ0v) is 17.8. The number of alkyl halides is 3. The number of rotatable bonds is 5. The van der Waals surface area contributed by atoms with E-state index in [9.17, 15) is 42.3 Å². The number of nitrogens with one attached hydrogen (secondary N) is 1. The largest absolute Gasteiger partial charge is 0.478 e. The number of carbonyl (C=O) groups is 4. The fourth-order valence-corrected chi connectivity index (χ4v) is 3.67. The number of amides is 3. The van der Waals surface area contributed by atoms with Gasteiger partial charge in [0.1, 0.15) is 5.69 Å². The molecule has 3 amide bonds. The van der Waals surface area contributed by atoms with Crippen LogP contribution in [0.1, 0.15) is 35.1 Å². The zero-order chi connectivity index (χ0) is 26.4. The van der Waals surface area contributed by atoms with Crippen LogP contribution in [0.5, 0.6) is 0 Å². The Morgan fingerprint density at radius 3 is 2.36 bits per heavy atom. The number of halogens is 3. The standard InChI is InChI=1S/C20H14F3N7O6/c21-20(22,23)18(36)29(10-4-2-1-3-8(10)17(34)35)16(30-11(31)5-6-12(30)32)9-7-25-14-13(26-9)15(33)28-19(24)27-14/h1-4,7,16H,5-6H2,(H,34,35)(H3,24,25,27,28,33). The molecule has 16 heteroatoms. The van der Waals surface area contributed by atoms with E-state index in [1.165, 1.54) is 6.07 Å². The molecule has 0 bridgehead atoms. The molecule has 1 aliphatic heterocycles. The van der Waals surface area contributed by atoms with Gasteiger partial charge in [-0.25, -0.2) is 14.8 Å². The number of H-pyrrole nitrogens is 1. The number of carbonyl (C=O) groups excluding carboxylic acids is 3. The van der Waals surface area contributed by atoms with Crippen molar-refractivity contribution in [2.24, 2.45) is 0 Å². The summed E-state index contributed by atoms with van der Waals surface area (Å²) in [7, 11) is 0. The molecule has 3 heterocycles. The number of hydrogen-bond donors (Lipinski definition) is 3. The van der Waals surface area contributed by atoms with E-state index in [1.807, 2.05) is 0 Å². The lowest BCUT2D eigenvalue weighted by Crippen LogP contribution is -2.52. The maximum absolute atomic E-state index is 13.8. The summed E-state index contributed by atoms with van der Waals surface area (Å²) in [6, 6.07) is 4.19. The molecule has 1 fully saturated rings. The first-order valence-corrected chi connectivity index (χ1v) is 10.00. The average Bonchev–Trinajstić information content (AvgIpc) is 3.14. The van der Waals surface area contributed by atoms with Crippen molar-refractivity contribution in [3.8, 4) is 0 Å². The van der Waals surface area contributed by atoms with Crippen LogP contribution in [0.4, 0.5) is 24.8 Å². The highest BCUT2D eigenvalue weighted by Gasteiger charge is 2.51. The highest BCUT2D eigenvalue weighted by molar-refractivity contribution is 6.07. The zero-order valence-electron chi connectivity index (χ0n) is 17.8. The first-order valence-electron chi connectivity index (χ1n) is 10.00. The summed E-state index contributed by atoms with van der Waals surface area (Å²) < 4.78 is 41.4. The van der Waals surface area contributed by atoms with Crippen molar-refractivity contribution in [3.63, 3.8) is 0 Å². The number of hydrogen-bond acceptors (Lipinski definition) is 9. The van der Waals surface area contributed by atoms with Gasteiger partial charge in [0, 0.05) is 12.8 Å². The van der Waals surface area contributed by atoms with E-state index in [-0.39, 0.29) is 29.3 Å². The summed E-state index contributed by atoms with van der Waals surface area (Å²) in [5, 5.41) is 9.56. The lowest BCUT2D eigenvalue weighted by atomic mass is 10.1. The molecule has 3 aromatic rings. The summed E-state index contributed by atoms with van der Waals surface area (Å²) in [6.07, 6.45) is -7.78. The van der Waals surface area contributed by atoms with Gasteiger partial charge in [-0.2, -0.15) is 18.2 Å². The summed E-state index contributed by atoms with van der Waals surface area (Å²) in [4.78, 5) is 76.0. The second kappa shape index (κ2) is 8.71. The third-order valence-corrected chi connectivity index (χ3v) is 5.15. The predicted octanol–water partition coefficient (Wildman–Crippen LogP) is 0.737. The van der Waals surface area contributed by atoms with Gasteiger partial charge >= 0.3 is 18.1 Å². The minimum atomic E-state index is -5.58. The third kappa shape index (κ3) is 4.19. The predicted molar refractivity (Wildman–Crippen MR) is 113 cm³/mol. The Labute approximate surface area is 197 Å². The van der Waals surface area contributed by atoms with Gasteiger partial charge in [0.2, 0.25) is 17.8 Å². The highest BCUT2D eigenvalue weighted by atomic mass is 19.4. The van der Waals surface area contributed by atoms with E-state index in [2.05, 4.69) is 19.9 Å². The van der Waals surface area contributed by atoms with Crippen LogP contribution >= 0.6 is 0 Å². The Balaban J connectivity index is 2.05. The molecule has 1 unspecified atom stereocenters. The number of nitrogen functional groups attached to an aromatic ring is 1. The molecule has 0 aliphatic carbocycles. The second-order valence-electron chi connectivity index (χ2n) is 7.44. The van der Waals surface area contributed by atoms with Crippen molar-refractivity contribution in [2.75, 3.05) is 10.6 Å². The number of likely N-dealkylation sites (tertiary alicyclic amines) is 1. The van der Waals surface area contributed by atoms with Gasteiger partial charge in [-0.15, -0.1) is 0 Å². The number of carboxylic acids is 1. The molecule has 1 atom stereocenters. The summed E-state index contributed by atoms with van der Waals surface area (Å²) in [5.41, 5.74) is 1.56. The number of aromatic amines is 1. The van der Waals surface area contributed by atoms with Crippen molar-refractivity contribution in [3.05, 3.63) is 52.1 Å². The molecule has 1 aliphatic rings. The number of aromatic nitrogens is 4. The molecule has 1 saturated heterocycles. The molecule has 0 saturated carbocycles. The Morgan fingerprint density at radius 1 is 1.11 bits per heavy atom. The molecule has 186 valence electrons. The lowest BCUT2D eigenvalue weighted by molar-refractivity contribution is -0.172. The smallest absolute Gasteiger partial charge is 0.471 e. The van der Waals surface area contributed by atoms with E-state index in [1.54, 1.807) is 0 Å². The fraction of sp³-hybridized carbons (Fsp3) is 0.200. The molecule has 4 rings (SSSR count). The van der Waals surface area contributed by atoms with Crippen LogP contribution in [-0.4, -0.2) is 59.8 Å². The first-order chi connectivity index (χ1) is 16.9. The number of carboxylic acid groups (broad SMARTS) is 1. The van der Waals surface area contributed by atoms with Gasteiger partial charge < -0.3 is 10.8 Å². The number of para-hydroxylation sites is 1. The van der Waals surface area contributed by atoms with Gasteiger partial charge in [-0.05, 0) is 12.1 Å². The molecule has 2 aromatic heterocycles. The summed E-state index contributed by atoms with van der Waals surface area (Å²) in [5.74, 6) is -6.53. The van der Waals surface area contributed by atoms with Crippen LogP contribution in [-0.2, 0) is 14.4 Å². The number of nitrogens with two attached hydrogens (primary N) is 1. The number of nitrogens with zero attached hydrogens (tertiary/aromatic N) is 5. The summed E-state index contributed by atoms with van der Waals surface area (Å²) in [6.45, 7) is 0. The number of aromatic carboxylic acids is 1. The van der Waals surface area contributed by atoms with Crippen molar-refractivity contribution < 1.29 is 37.5 Å². The molecule has 4 N–H and O–H groups in total. The molecular weight excluding hydrogens is 491 g/mol. The van der Waals surface area contributed by atoms with Crippen LogP contribution in [0.3, 0.4) is 0 Å². The Hall–Kier alpha value is -4.89. The van der Waals surface area contributed by atoms with E-state index in [0.717, 1.165) is 24.4 Å². The normalized spacial score (nSPS) is 14.8. The molecule has 0 spiro atoms. The van der Waals surface area contributed by atoms with Crippen LogP contribution in [0.15, 0.2) is 35.3 Å². The molecular formula is C20H14F3N7O6. The quantitative estimate of drug-likeness (QED) is 0.416. The number of imide groups is 1. The van der Waals surface area contributed by atoms with Crippen molar-refractivity contribution >= 4 is 46.5 Å². The highest BCUT2D eigenvalue weighted by Crippen LogP contribution is 2.38. The van der Waals surface area contributed by atoms with E-state index < -0.39 is 64.1 Å². The van der Waals surface area contributed by atoms with Crippen LogP contribution in [0.25, 0.3) is 11.2 Å². The average molecular weight is 505 g/mol. The number of fused-ring (bicyclic) bond motifs is 1. The lowest BCUT2D eigenvalue weighted by Gasteiger charge is -2.36. The Bertz CT molecular complexity index is 1470. The maximum Gasteiger partial charge on any atom is 0.471 e. The van der Waals surface area contributed by atoms with Crippen LogP contribution in [0, 0.1) is 0 Å². The molecule has 0 radical (unpaired) electrons. The molecule has 13 nitrogen and oxygen atoms in total. The first kappa shape index (κ1) is 24.2. The Morgan fingerprint density at radius 2 is 1.75 bits per heavy atom. The fourth-order valence-electron chi connectivity index (χ4n) is 3.67. The Kier molecular flexibility index (Phi) is 5.87. The van der Waals surface area contributed by atoms with Gasteiger partial charge in [-0.1, -0.05) is 12.1 Å².